The summed E-state index contributed by atoms with van der Waals surface area (Å²) in [5.74, 6) is -0.0524. The molecule has 0 aromatic carbocycles. The maximum absolute atomic E-state index is 11.6. The zero-order chi connectivity index (χ0) is 14.0. The molecule has 0 heterocycles. The van der Waals surface area contributed by atoms with Gasteiger partial charge in [0, 0.05) is 24.9 Å². The predicted molar refractivity (Wildman–Crippen MR) is 79.0 cm³/mol. The lowest BCUT2D eigenvalue weighted by Crippen LogP contribution is -2.33. The van der Waals surface area contributed by atoms with Crippen LogP contribution < -0.4 is 5.32 Å². The molecule has 1 N–H and O–H groups in total. The first-order valence-electron chi connectivity index (χ1n) is 6.27. The van der Waals surface area contributed by atoms with Crippen molar-refractivity contribution >= 4 is 12.1 Å². The zero-order valence-corrected chi connectivity index (χ0v) is 11.7. The molecule has 0 radical (unpaired) electrons. The van der Waals surface area contributed by atoms with Crippen LogP contribution in [0.3, 0.4) is 0 Å². The van der Waals surface area contributed by atoms with Crippen LogP contribution in [0.15, 0.2) is 41.4 Å². The summed E-state index contributed by atoms with van der Waals surface area (Å²) in [7, 11) is 1.74. The number of amides is 1. The molecule has 0 spiro atoms. The molecule has 1 atom stereocenters. The average molecular weight is 248 g/mol. The molecule has 0 saturated heterocycles. The van der Waals surface area contributed by atoms with Crippen LogP contribution in [0, 0.1) is 0 Å². The van der Waals surface area contributed by atoms with Gasteiger partial charge in [-0.15, -0.1) is 0 Å². The number of carbonyl (C=O) groups excluding carboxylic acids is 1. The van der Waals surface area contributed by atoms with Crippen molar-refractivity contribution in [2.45, 2.75) is 39.2 Å². The SMILES string of the molecule is C=C/C=C(\C=N/C)CCC(C)NC(=O)C(=C)CC. The first-order chi connectivity index (χ1) is 8.54. The van der Waals surface area contributed by atoms with Crippen molar-refractivity contribution in [3.8, 4) is 0 Å². The summed E-state index contributed by atoms with van der Waals surface area (Å²) in [6.07, 6.45) is 7.92. The second kappa shape index (κ2) is 9.40. The van der Waals surface area contributed by atoms with E-state index >= 15 is 0 Å². The molecule has 3 heteroatoms. The summed E-state index contributed by atoms with van der Waals surface area (Å²) in [5, 5.41) is 2.93. The van der Waals surface area contributed by atoms with Gasteiger partial charge in [-0.2, -0.15) is 0 Å². The first kappa shape index (κ1) is 16.4. The Labute approximate surface area is 110 Å². The molecule has 0 aliphatic heterocycles. The minimum Gasteiger partial charge on any atom is -0.350 e. The summed E-state index contributed by atoms with van der Waals surface area (Å²) in [6.45, 7) is 11.3. The minimum atomic E-state index is -0.0524. The molecule has 0 aromatic rings. The lowest BCUT2D eigenvalue weighted by Gasteiger charge is -2.14. The normalized spacial score (nSPS) is 13.4. The maximum atomic E-state index is 11.6. The Bertz CT molecular complexity index is 354. The maximum Gasteiger partial charge on any atom is 0.246 e. The van der Waals surface area contributed by atoms with Crippen molar-refractivity contribution in [3.63, 3.8) is 0 Å². The average Bonchev–Trinajstić information content (AvgIpc) is 2.35. The summed E-state index contributed by atoms with van der Waals surface area (Å²) >= 11 is 0. The smallest absolute Gasteiger partial charge is 0.246 e. The Hall–Kier alpha value is -1.64. The van der Waals surface area contributed by atoms with Crippen LogP contribution in [0.4, 0.5) is 0 Å². The Balaban J connectivity index is 4.20. The van der Waals surface area contributed by atoms with E-state index in [1.807, 2.05) is 26.1 Å². The van der Waals surface area contributed by atoms with Crippen molar-refractivity contribution in [1.82, 2.24) is 5.32 Å². The third kappa shape index (κ3) is 6.84. The van der Waals surface area contributed by atoms with Gasteiger partial charge in [-0.3, -0.25) is 9.79 Å². The quantitative estimate of drug-likeness (QED) is 0.400. The van der Waals surface area contributed by atoms with E-state index < -0.39 is 0 Å². The van der Waals surface area contributed by atoms with E-state index in [1.165, 1.54) is 0 Å². The number of hydrogen-bond acceptors (Lipinski definition) is 2. The van der Waals surface area contributed by atoms with Gasteiger partial charge in [0.1, 0.15) is 0 Å². The van der Waals surface area contributed by atoms with Gasteiger partial charge in [0.15, 0.2) is 0 Å². The van der Waals surface area contributed by atoms with Crippen LogP contribution in [0.5, 0.6) is 0 Å². The summed E-state index contributed by atoms with van der Waals surface area (Å²) in [6, 6.07) is 0.124. The van der Waals surface area contributed by atoms with Gasteiger partial charge in [-0.05, 0) is 31.8 Å². The van der Waals surface area contributed by atoms with Crippen molar-refractivity contribution in [2.75, 3.05) is 7.05 Å². The van der Waals surface area contributed by atoms with E-state index in [-0.39, 0.29) is 11.9 Å². The molecule has 18 heavy (non-hydrogen) atoms. The number of hydrogen-bond donors (Lipinski definition) is 1. The van der Waals surface area contributed by atoms with E-state index in [4.69, 9.17) is 0 Å². The Morgan fingerprint density at radius 2 is 2.17 bits per heavy atom. The lowest BCUT2D eigenvalue weighted by atomic mass is 10.1. The standard InChI is InChI=1S/C15H24N2O/c1-6-8-14(11-16-5)10-9-13(4)17-15(18)12(3)7-2/h6,8,11,13H,1,3,7,9-10H2,2,4-5H3,(H,17,18)/b14-8-,16-11-. The molecule has 1 amide bonds. The molecule has 100 valence electrons. The number of allylic oxidation sites excluding steroid dienone is 3. The summed E-state index contributed by atoms with van der Waals surface area (Å²) < 4.78 is 0. The molecule has 3 nitrogen and oxygen atoms in total. The molecule has 0 aliphatic rings. The fourth-order valence-corrected chi connectivity index (χ4v) is 1.45. The second-order valence-electron chi connectivity index (χ2n) is 4.23. The lowest BCUT2D eigenvalue weighted by molar-refractivity contribution is -0.118. The van der Waals surface area contributed by atoms with Gasteiger partial charge >= 0.3 is 0 Å². The van der Waals surface area contributed by atoms with E-state index in [2.05, 4.69) is 23.5 Å². The molecule has 0 aliphatic carbocycles. The third-order valence-corrected chi connectivity index (χ3v) is 2.62. The molecular formula is C15H24N2O. The van der Waals surface area contributed by atoms with Gasteiger partial charge in [-0.25, -0.2) is 0 Å². The van der Waals surface area contributed by atoms with Crippen LogP contribution in [0.25, 0.3) is 0 Å². The van der Waals surface area contributed by atoms with Crippen molar-refractivity contribution in [3.05, 3.63) is 36.5 Å². The molecule has 1 unspecified atom stereocenters. The predicted octanol–water partition coefficient (Wildman–Crippen LogP) is 3.05. The van der Waals surface area contributed by atoms with Gasteiger partial charge in [-0.1, -0.05) is 32.2 Å². The molecule has 0 saturated carbocycles. The molecule has 0 fully saturated rings. The number of rotatable bonds is 8. The van der Waals surface area contributed by atoms with Gasteiger partial charge in [0.25, 0.3) is 0 Å². The van der Waals surface area contributed by atoms with Gasteiger partial charge < -0.3 is 5.32 Å². The third-order valence-electron chi connectivity index (χ3n) is 2.62. The highest BCUT2D eigenvalue weighted by Crippen LogP contribution is 2.07. The second-order valence-corrected chi connectivity index (χ2v) is 4.23. The number of nitrogens with one attached hydrogen (secondary N) is 1. The fourth-order valence-electron chi connectivity index (χ4n) is 1.45. The van der Waals surface area contributed by atoms with Crippen LogP contribution in [0.1, 0.15) is 33.1 Å². The largest absolute Gasteiger partial charge is 0.350 e. The van der Waals surface area contributed by atoms with Crippen molar-refractivity contribution in [1.29, 1.82) is 0 Å². The van der Waals surface area contributed by atoms with Crippen molar-refractivity contribution < 1.29 is 4.79 Å². The highest BCUT2D eigenvalue weighted by atomic mass is 16.1. The molecule has 0 aromatic heterocycles. The van der Waals surface area contributed by atoms with Gasteiger partial charge in [0.05, 0.1) is 0 Å². The Morgan fingerprint density at radius 3 is 2.67 bits per heavy atom. The fraction of sp³-hybridized carbons (Fsp3) is 0.467. The summed E-state index contributed by atoms with van der Waals surface area (Å²) in [4.78, 5) is 15.6. The first-order valence-corrected chi connectivity index (χ1v) is 6.27. The molecule has 0 bridgehead atoms. The number of carbonyl (C=O) groups is 1. The molecule has 0 rings (SSSR count). The zero-order valence-electron chi connectivity index (χ0n) is 11.7. The van der Waals surface area contributed by atoms with E-state index in [1.54, 1.807) is 13.1 Å². The summed E-state index contributed by atoms with van der Waals surface area (Å²) in [5.41, 5.74) is 1.74. The minimum absolute atomic E-state index is 0.0524. The monoisotopic (exact) mass is 248 g/mol. The highest BCUT2D eigenvalue weighted by molar-refractivity contribution is 5.92. The highest BCUT2D eigenvalue weighted by Gasteiger charge is 2.09. The number of nitrogens with zero attached hydrogens (tertiary/aromatic N) is 1. The topological polar surface area (TPSA) is 41.5 Å². The Morgan fingerprint density at radius 1 is 1.50 bits per heavy atom. The number of aliphatic imine (C=N–C) groups is 1. The van der Waals surface area contributed by atoms with Gasteiger partial charge in [0.2, 0.25) is 5.91 Å². The Kier molecular flexibility index (Phi) is 8.54. The van der Waals surface area contributed by atoms with Crippen LogP contribution >= 0.6 is 0 Å². The van der Waals surface area contributed by atoms with Crippen LogP contribution in [0.2, 0.25) is 0 Å². The molecular weight excluding hydrogens is 224 g/mol. The van der Waals surface area contributed by atoms with Crippen LogP contribution in [-0.2, 0) is 4.79 Å². The van der Waals surface area contributed by atoms with E-state index in [9.17, 15) is 4.79 Å². The van der Waals surface area contributed by atoms with Crippen LogP contribution in [-0.4, -0.2) is 25.2 Å². The van der Waals surface area contributed by atoms with E-state index in [0.29, 0.717) is 12.0 Å². The van der Waals surface area contributed by atoms with E-state index in [0.717, 1.165) is 18.4 Å². The van der Waals surface area contributed by atoms with Crippen molar-refractivity contribution in [2.24, 2.45) is 4.99 Å².